The summed E-state index contributed by atoms with van der Waals surface area (Å²) in [6, 6.07) is 6.41. The minimum Gasteiger partial charge on any atom is -0.497 e. The summed E-state index contributed by atoms with van der Waals surface area (Å²) in [5.41, 5.74) is 1.07. The van der Waals surface area contributed by atoms with Gasteiger partial charge in [0.2, 0.25) is 0 Å². The number of rotatable bonds is 3. The van der Waals surface area contributed by atoms with Crippen molar-refractivity contribution in [3.63, 3.8) is 0 Å². The standard InChI is InChI=1S/C17H22N2O2S/c1-11-14-9-13(21-3)6-7-15(14)22-16(11)17(20)19-8-4-5-12(10-19)18-2/h6-7,9,12,18H,4-5,8,10H2,1-3H3/t12-/m1/s1. The molecule has 1 aromatic carbocycles. The zero-order chi connectivity index (χ0) is 15.7. The number of hydrogen-bond donors (Lipinski definition) is 1. The summed E-state index contributed by atoms with van der Waals surface area (Å²) in [4.78, 5) is 15.7. The van der Waals surface area contributed by atoms with Gasteiger partial charge in [0.15, 0.2) is 0 Å². The van der Waals surface area contributed by atoms with E-state index >= 15 is 0 Å². The second-order valence-electron chi connectivity index (χ2n) is 5.80. The predicted molar refractivity (Wildman–Crippen MR) is 91.1 cm³/mol. The lowest BCUT2D eigenvalue weighted by Gasteiger charge is -2.32. The molecule has 1 atom stereocenters. The third-order valence-electron chi connectivity index (χ3n) is 4.45. The number of nitrogens with one attached hydrogen (secondary N) is 1. The van der Waals surface area contributed by atoms with Gasteiger partial charge in [0.25, 0.3) is 5.91 Å². The number of benzene rings is 1. The first-order chi connectivity index (χ1) is 10.6. The molecule has 1 aliphatic rings. The van der Waals surface area contributed by atoms with Gasteiger partial charge in [-0.2, -0.15) is 0 Å². The number of aryl methyl sites for hydroxylation is 1. The summed E-state index contributed by atoms with van der Waals surface area (Å²) in [5.74, 6) is 0.998. The highest BCUT2D eigenvalue weighted by atomic mass is 32.1. The molecule has 0 spiro atoms. The first kappa shape index (κ1) is 15.3. The van der Waals surface area contributed by atoms with Gasteiger partial charge < -0.3 is 15.0 Å². The Hall–Kier alpha value is -1.59. The molecule has 2 heterocycles. The highest BCUT2D eigenvalue weighted by Crippen LogP contribution is 2.34. The van der Waals surface area contributed by atoms with Crippen molar-refractivity contribution in [1.82, 2.24) is 10.2 Å². The van der Waals surface area contributed by atoms with Crippen LogP contribution in [0.4, 0.5) is 0 Å². The van der Waals surface area contributed by atoms with Gasteiger partial charge in [-0.25, -0.2) is 0 Å². The number of hydrogen-bond acceptors (Lipinski definition) is 4. The number of likely N-dealkylation sites (tertiary alicyclic amines) is 1. The Morgan fingerprint density at radius 3 is 3.00 bits per heavy atom. The normalized spacial score (nSPS) is 18.7. The van der Waals surface area contributed by atoms with E-state index in [-0.39, 0.29) is 5.91 Å². The second-order valence-corrected chi connectivity index (χ2v) is 6.85. The topological polar surface area (TPSA) is 41.6 Å². The molecule has 1 saturated heterocycles. The zero-order valence-electron chi connectivity index (χ0n) is 13.3. The van der Waals surface area contributed by atoms with Gasteiger partial charge in [0.1, 0.15) is 5.75 Å². The number of nitrogens with zero attached hydrogens (tertiary/aromatic N) is 1. The van der Waals surface area contributed by atoms with Crippen LogP contribution >= 0.6 is 11.3 Å². The Morgan fingerprint density at radius 1 is 1.45 bits per heavy atom. The average molecular weight is 318 g/mol. The molecule has 1 N–H and O–H groups in total. The molecule has 1 fully saturated rings. The van der Waals surface area contributed by atoms with Crippen molar-refractivity contribution in [2.75, 3.05) is 27.2 Å². The molecule has 0 aliphatic carbocycles. The molecular formula is C17H22N2O2S. The first-order valence-electron chi connectivity index (χ1n) is 7.67. The van der Waals surface area contributed by atoms with Crippen molar-refractivity contribution in [2.45, 2.75) is 25.8 Å². The van der Waals surface area contributed by atoms with E-state index in [0.717, 1.165) is 52.2 Å². The van der Waals surface area contributed by atoms with Crippen LogP contribution in [0.3, 0.4) is 0 Å². The molecule has 3 rings (SSSR count). The Bertz CT molecular complexity index is 695. The molecule has 5 heteroatoms. The monoisotopic (exact) mass is 318 g/mol. The summed E-state index contributed by atoms with van der Waals surface area (Å²) in [5, 5.41) is 4.41. The van der Waals surface area contributed by atoms with Crippen LogP contribution < -0.4 is 10.1 Å². The summed E-state index contributed by atoms with van der Waals surface area (Å²) in [6.45, 7) is 3.69. The summed E-state index contributed by atoms with van der Waals surface area (Å²) < 4.78 is 6.44. The quantitative estimate of drug-likeness (QED) is 0.946. The van der Waals surface area contributed by atoms with Crippen molar-refractivity contribution in [3.8, 4) is 5.75 Å². The lowest BCUT2D eigenvalue weighted by molar-refractivity contribution is 0.0702. The largest absolute Gasteiger partial charge is 0.497 e. The van der Waals surface area contributed by atoms with Gasteiger partial charge in [-0.15, -0.1) is 11.3 Å². The molecule has 22 heavy (non-hydrogen) atoms. The lowest BCUT2D eigenvalue weighted by Crippen LogP contribution is -2.46. The van der Waals surface area contributed by atoms with Crippen molar-refractivity contribution < 1.29 is 9.53 Å². The van der Waals surface area contributed by atoms with E-state index in [0.29, 0.717) is 6.04 Å². The molecule has 0 bridgehead atoms. The Balaban J connectivity index is 1.92. The smallest absolute Gasteiger partial charge is 0.264 e. The van der Waals surface area contributed by atoms with Crippen LogP contribution in [0.25, 0.3) is 10.1 Å². The number of likely N-dealkylation sites (N-methyl/N-ethyl adjacent to an activating group) is 1. The van der Waals surface area contributed by atoms with Crippen LogP contribution in [0.5, 0.6) is 5.75 Å². The van der Waals surface area contributed by atoms with E-state index in [1.165, 1.54) is 0 Å². The number of thiophene rings is 1. The van der Waals surface area contributed by atoms with E-state index < -0.39 is 0 Å². The first-order valence-corrected chi connectivity index (χ1v) is 8.49. The van der Waals surface area contributed by atoms with E-state index in [4.69, 9.17) is 4.74 Å². The van der Waals surface area contributed by atoms with Gasteiger partial charge in [-0.3, -0.25) is 4.79 Å². The fraction of sp³-hybridized carbons (Fsp3) is 0.471. The number of ether oxygens (including phenoxy) is 1. The van der Waals surface area contributed by atoms with Crippen LogP contribution in [0, 0.1) is 6.92 Å². The fourth-order valence-corrected chi connectivity index (χ4v) is 4.23. The maximum atomic E-state index is 12.9. The molecule has 0 unspecified atom stereocenters. The van der Waals surface area contributed by atoms with Gasteiger partial charge in [0, 0.05) is 23.8 Å². The minimum absolute atomic E-state index is 0.164. The van der Waals surface area contributed by atoms with Crippen molar-refractivity contribution in [2.24, 2.45) is 0 Å². The van der Waals surface area contributed by atoms with Crippen molar-refractivity contribution >= 4 is 27.3 Å². The average Bonchev–Trinajstić information content (AvgIpc) is 2.90. The SMILES string of the molecule is CN[C@@H]1CCCN(C(=O)c2sc3ccc(OC)cc3c2C)C1. The zero-order valence-corrected chi connectivity index (χ0v) is 14.1. The summed E-state index contributed by atoms with van der Waals surface area (Å²) >= 11 is 1.59. The van der Waals surface area contributed by atoms with Crippen LogP contribution in [-0.4, -0.2) is 44.1 Å². The van der Waals surface area contributed by atoms with Gasteiger partial charge >= 0.3 is 0 Å². The minimum atomic E-state index is 0.164. The van der Waals surface area contributed by atoms with Crippen LogP contribution in [0.2, 0.25) is 0 Å². The van der Waals surface area contributed by atoms with Crippen LogP contribution in [0.15, 0.2) is 18.2 Å². The second kappa shape index (κ2) is 6.26. The van der Waals surface area contributed by atoms with Gasteiger partial charge in [-0.05, 0) is 56.0 Å². The van der Waals surface area contributed by atoms with Gasteiger partial charge in [-0.1, -0.05) is 0 Å². The predicted octanol–water partition coefficient (Wildman–Crippen LogP) is 3.04. The fourth-order valence-electron chi connectivity index (χ4n) is 3.07. The maximum Gasteiger partial charge on any atom is 0.264 e. The molecule has 1 amide bonds. The Morgan fingerprint density at radius 2 is 2.27 bits per heavy atom. The summed E-state index contributed by atoms with van der Waals surface area (Å²) in [6.07, 6.45) is 2.21. The molecule has 118 valence electrons. The molecule has 0 saturated carbocycles. The number of methoxy groups -OCH3 is 1. The molecule has 0 radical (unpaired) electrons. The number of fused-ring (bicyclic) bond motifs is 1. The van der Waals surface area contributed by atoms with E-state index in [2.05, 4.69) is 5.32 Å². The van der Waals surface area contributed by atoms with Crippen molar-refractivity contribution in [3.05, 3.63) is 28.6 Å². The van der Waals surface area contributed by atoms with Crippen LogP contribution in [0.1, 0.15) is 28.1 Å². The third kappa shape index (κ3) is 2.71. The molecule has 1 aromatic heterocycles. The molecule has 1 aliphatic heterocycles. The van der Waals surface area contributed by atoms with Crippen LogP contribution in [-0.2, 0) is 0 Å². The molecular weight excluding hydrogens is 296 g/mol. The number of carbonyl (C=O) groups excluding carboxylic acids is 1. The van der Waals surface area contributed by atoms with E-state index in [1.807, 2.05) is 37.1 Å². The van der Waals surface area contributed by atoms with E-state index in [9.17, 15) is 4.79 Å². The summed E-state index contributed by atoms with van der Waals surface area (Å²) in [7, 11) is 3.64. The molecule has 4 nitrogen and oxygen atoms in total. The maximum absolute atomic E-state index is 12.9. The molecule has 2 aromatic rings. The number of carbonyl (C=O) groups is 1. The van der Waals surface area contributed by atoms with E-state index in [1.54, 1.807) is 18.4 Å². The Labute approximate surface area is 135 Å². The third-order valence-corrected chi connectivity index (χ3v) is 5.72. The number of amides is 1. The van der Waals surface area contributed by atoms with Crippen molar-refractivity contribution in [1.29, 1.82) is 0 Å². The highest BCUT2D eigenvalue weighted by Gasteiger charge is 2.26. The van der Waals surface area contributed by atoms with Gasteiger partial charge in [0.05, 0.1) is 12.0 Å². The Kier molecular flexibility index (Phi) is 4.36. The lowest BCUT2D eigenvalue weighted by atomic mass is 10.1. The highest BCUT2D eigenvalue weighted by molar-refractivity contribution is 7.21. The number of piperidine rings is 1.